The van der Waals surface area contributed by atoms with Gasteiger partial charge in [0.25, 0.3) is 0 Å². The molecule has 0 bridgehead atoms. The van der Waals surface area contributed by atoms with Crippen LogP contribution in [0.25, 0.3) is 32.3 Å². The predicted octanol–water partition coefficient (Wildman–Crippen LogP) is 5.54. The summed E-state index contributed by atoms with van der Waals surface area (Å²) in [6.45, 7) is 5.67. The van der Waals surface area contributed by atoms with Crippen molar-refractivity contribution in [2.75, 3.05) is 0 Å². The van der Waals surface area contributed by atoms with Crippen molar-refractivity contribution in [3.8, 4) is 0 Å². The SMILES string of the molecule is CC(C)(C)OC(=O)c1ccc2ccc3cccc4ccc1c2c34. The maximum Gasteiger partial charge on any atom is 0.339 e. The molecule has 0 fully saturated rings. The van der Waals surface area contributed by atoms with Crippen LogP contribution in [-0.2, 0) is 4.74 Å². The molecule has 0 aliphatic carbocycles. The van der Waals surface area contributed by atoms with Gasteiger partial charge in [0.2, 0.25) is 0 Å². The fourth-order valence-corrected chi connectivity index (χ4v) is 3.25. The van der Waals surface area contributed by atoms with Gasteiger partial charge in [0, 0.05) is 0 Å². The lowest BCUT2D eigenvalue weighted by Gasteiger charge is -2.20. The van der Waals surface area contributed by atoms with Crippen LogP contribution in [0.5, 0.6) is 0 Å². The highest BCUT2D eigenvalue weighted by Crippen LogP contribution is 2.36. The quantitative estimate of drug-likeness (QED) is 0.341. The zero-order valence-electron chi connectivity index (χ0n) is 13.5. The van der Waals surface area contributed by atoms with Gasteiger partial charge in [0.05, 0.1) is 5.56 Å². The van der Waals surface area contributed by atoms with E-state index in [-0.39, 0.29) is 5.97 Å². The molecule has 0 N–H and O–H groups in total. The van der Waals surface area contributed by atoms with Crippen molar-refractivity contribution in [3.05, 3.63) is 60.2 Å². The third-order valence-electron chi connectivity index (χ3n) is 4.15. The Balaban J connectivity index is 2.06. The van der Waals surface area contributed by atoms with Crippen LogP contribution in [0.15, 0.2) is 54.6 Å². The van der Waals surface area contributed by atoms with E-state index in [1.54, 1.807) is 0 Å². The summed E-state index contributed by atoms with van der Waals surface area (Å²) in [6, 6.07) is 18.5. The molecule has 2 heteroatoms. The molecule has 0 heterocycles. The number of ether oxygens (including phenoxy) is 1. The Morgan fingerprint density at radius 1 is 0.783 bits per heavy atom. The molecule has 0 amide bonds. The third kappa shape index (κ3) is 2.22. The Kier molecular flexibility index (Phi) is 2.86. The van der Waals surface area contributed by atoms with E-state index in [0.29, 0.717) is 5.56 Å². The zero-order valence-corrected chi connectivity index (χ0v) is 13.5. The Hall–Kier alpha value is -2.61. The highest BCUT2D eigenvalue weighted by molar-refractivity contribution is 6.25. The van der Waals surface area contributed by atoms with Crippen LogP contribution in [0, 0.1) is 0 Å². The van der Waals surface area contributed by atoms with Gasteiger partial charge in [-0.15, -0.1) is 0 Å². The Morgan fingerprint density at radius 3 is 2.00 bits per heavy atom. The van der Waals surface area contributed by atoms with Gasteiger partial charge >= 0.3 is 5.97 Å². The minimum atomic E-state index is -0.499. The minimum Gasteiger partial charge on any atom is -0.456 e. The van der Waals surface area contributed by atoms with Crippen LogP contribution in [0.1, 0.15) is 31.1 Å². The van der Waals surface area contributed by atoms with Crippen LogP contribution >= 0.6 is 0 Å². The largest absolute Gasteiger partial charge is 0.456 e. The summed E-state index contributed by atoms with van der Waals surface area (Å²) in [5, 5.41) is 6.86. The van der Waals surface area contributed by atoms with E-state index < -0.39 is 5.60 Å². The average molecular weight is 302 g/mol. The molecule has 0 saturated heterocycles. The van der Waals surface area contributed by atoms with Crippen molar-refractivity contribution in [1.82, 2.24) is 0 Å². The minimum absolute atomic E-state index is 0.268. The van der Waals surface area contributed by atoms with Gasteiger partial charge < -0.3 is 4.74 Å². The number of benzene rings is 4. The second kappa shape index (κ2) is 4.69. The van der Waals surface area contributed by atoms with Gasteiger partial charge in [-0.1, -0.05) is 48.5 Å². The van der Waals surface area contributed by atoms with Crippen molar-refractivity contribution in [2.45, 2.75) is 26.4 Å². The van der Waals surface area contributed by atoms with Gasteiger partial charge in [0.1, 0.15) is 5.60 Å². The molecule has 4 rings (SSSR count). The zero-order chi connectivity index (χ0) is 16.2. The molecule has 114 valence electrons. The second-order valence-electron chi connectivity index (χ2n) is 6.97. The molecular weight excluding hydrogens is 284 g/mol. The highest BCUT2D eigenvalue weighted by atomic mass is 16.6. The fraction of sp³-hybridized carbons (Fsp3) is 0.190. The Bertz CT molecular complexity index is 1020. The van der Waals surface area contributed by atoms with Crippen molar-refractivity contribution in [2.24, 2.45) is 0 Å². The lowest BCUT2D eigenvalue weighted by molar-refractivity contribution is 0.00719. The molecule has 0 aromatic heterocycles. The summed E-state index contributed by atoms with van der Waals surface area (Å²) < 4.78 is 5.58. The molecule has 23 heavy (non-hydrogen) atoms. The first-order chi connectivity index (χ1) is 10.9. The van der Waals surface area contributed by atoms with Crippen LogP contribution in [0.3, 0.4) is 0 Å². The maximum atomic E-state index is 12.6. The molecule has 0 aliphatic heterocycles. The van der Waals surface area contributed by atoms with Crippen LogP contribution < -0.4 is 0 Å². The molecule has 0 spiro atoms. The molecule has 2 nitrogen and oxygen atoms in total. The van der Waals surface area contributed by atoms with E-state index in [0.717, 1.165) is 16.2 Å². The van der Waals surface area contributed by atoms with Crippen LogP contribution in [-0.4, -0.2) is 11.6 Å². The molecule has 0 unspecified atom stereocenters. The lowest BCUT2D eigenvalue weighted by atomic mass is 9.92. The van der Waals surface area contributed by atoms with Crippen LogP contribution in [0.4, 0.5) is 0 Å². The van der Waals surface area contributed by atoms with Gasteiger partial charge in [-0.2, -0.15) is 0 Å². The Morgan fingerprint density at radius 2 is 1.35 bits per heavy atom. The van der Waals surface area contributed by atoms with Gasteiger partial charge in [-0.25, -0.2) is 4.79 Å². The van der Waals surface area contributed by atoms with Crippen molar-refractivity contribution >= 4 is 38.3 Å². The smallest absolute Gasteiger partial charge is 0.339 e. The number of rotatable bonds is 1. The van der Waals surface area contributed by atoms with Crippen molar-refractivity contribution in [1.29, 1.82) is 0 Å². The van der Waals surface area contributed by atoms with Gasteiger partial charge in [-0.05, 0) is 59.2 Å². The average Bonchev–Trinajstić information content (AvgIpc) is 2.50. The number of esters is 1. The van der Waals surface area contributed by atoms with E-state index in [1.807, 2.05) is 39.0 Å². The first-order valence-electron chi connectivity index (χ1n) is 7.84. The van der Waals surface area contributed by atoms with Crippen molar-refractivity contribution in [3.63, 3.8) is 0 Å². The second-order valence-corrected chi connectivity index (χ2v) is 6.97. The third-order valence-corrected chi connectivity index (χ3v) is 4.15. The molecule has 4 aromatic carbocycles. The summed E-state index contributed by atoms with van der Waals surface area (Å²) >= 11 is 0. The summed E-state index contributed by atoms with van der Waals surface area (Å²) in [5.41, 5.74) is 0.131. The summed E-state index contributed by atoms with van der Waals surface area (Å²) in [4.78, 5) is 12.6. The highest BCUT2D eigenvalue weighted by Gasteiger charge is 2.21. The number of carbonyl (C=O) groups is 1. The van der Waals surface area contributed by atoms with E-state index in [1.165, 1.54) is 16.2 Å². The standard InChI is InChI=1S/C21H18O2/c1-21(2,3)23-20(22)17-12-10-15-8-7-13-5-4-6-14-9-11-16(17)19(15)18(13)14/h4-12H,1-3H3. The van der Waals surface area contributed by atoms with E-state index in [4.69, 9.17) is 4.74 Å². The summed E-state index contributed by atoms with van der Waals surface area (Å²) in [7, 11) is 0. The van der Waals surface area contributed by atoms with Crippen LogP contribution in [0.2, 0.25) is 0 Å². The molecular formula is C21H18O2. The maximum absolute atomic E-state index is 12.6. The summed E-state index contributed by atoms with van der Waals surface area (Å²) in [6.07, 6.45) is 0. The molecule has 0 aliphatic rings. The summed E-state index contributed by atoms with van der Waals surface area (Å²) in [5.74, 6) is -0.268. The predicted molar refractivity (Wildman–Crippen MR) is 95.3 cm³/mol. The molecule has 4 aromatic rings. The first kappa shape index (κ1) is 14.0. The van der Waals surface area contributed by atoms with Gasteiger partial charge in [0.15, 0.2) is 0 Å². The molecule has 0 atom stereocenters. The van der Waals surface area contributed by atoms with E-state index in [2.05, 4.69) is 36.4 Å². The lowest BCUT2D eigenvalue weighted by Crippen LogP contribution is -2.24. The van der Waals surface area contributed by atoms with E-state index >= 15 is 0 Å². The molecule has 0 radical (unpaired) electrons. The van der Waals surface area contributed by atoms with E-state index in [9.17, 15) is 4.79 Å². The fourth-order valence-electron chi connectivity index (χ4n) is 3.25. The number of hydrogen-bond acceptors (Lipinski definition) is 2. The first-order valence-corrected chi connectivity index (χ1v) is 7.84. The number of carbonyl (C=O) groups excluding carboxylic acids is 1. The monoisotopic (exact) mass is 302 g/mol. The normalized spacial score (nSPS) is 12.3. The van der Waals surface area contributed by atoms with Crippen molar-refractivity contribution < 1.29 is 9.53 Å². The van der Waals surface area contributed by atoms with Gasteiger partial charge in [-0.3, -0.25) is 0 Å². The molecule has 0 saturated carbocycles. The number of hydrogen-bond donors (Lipinski definition) is 0. The Labute approximate surface area is 135 Å². The topological polar surface area (TPSA) is 26.3 Å².